The summed E-state index contributed by atoms with van der Waals surface area (Å²) in [4.78, 5) is 12.1. The number of carbonyl (C=O) groups is 1. The van der Waals surface area contributed by atoms with E-state index >= 15 is 0 Å². The maximum absolute atomic E-state index is 12.1. The van der Waals surface area contributed by atoms with Crippen LogP contribution in [0.2, 0.25) is 0 Å². The summed E-state index contributed by atoms with van der Waals surface area (Å²) in [7, 11) is -1.80. The van der Waals surface area contributed by atoms with Gasteiger partial charge in [0, 0.05) is 5.56 Å². The van der Waals surface area contributed by atoms with Gasteiger partial charge in [-0.2, -0.15) is 0 Å². The molecule has 0 heterocycles. The van der Waals surface area contributed by atoms with Crippen molar-refractivity contribution < 1.29 is 17.9 Å². The van der Waals surface area contributed by atoms with Crippen LogP contribution in [0.25, 0.3) is 0 Å². The van der Waals surface area contributed by atoms with Gasteiger partial charge in [-0.3, -0.25) is 4.79 Å². The van der Waals surface area contributed by atoms with E-state index in [1.807, 2.05) is 0 Å². The number of Topliss-reactive ketones (excluding diaryl/α,β-unsaturated/α-hetero) is 1. The molecule has 0 spiro atoms. The van der Waals surface area contributed by atoms with E-state index in [0.717, 1.165) is 12.8 Å². The highest BCUT2D eigenvalue weighted by Gasteiger charge is 2.30. The van der Waals surface area contributed by atoms with Gasteiger partial charge in [0.25, 0.3) is 0 Å². The van der Waals surface area contributed by atoms with E-state index in [2.05, 4.69) is 0 Å². The third kappa shape index (κ3) is 3.35. The van der Waals surface area contributed by atoms with Crippen LogP contribution < -0.4 is 4.74 Å². The van der Waals surface area contributed by atoms with Crippen molar-refractivity contribution in [2.45, 2.75) is 30.9 Å². The molecule has 0 unspecified atom stereocenters. The average molecular weight is 282 g/mol. The van der Waals surface area contributed by atoms with E-state index in [0.29, 0.717) is 24.2 Å². The van der Waals surface area contributed by atoms with Crippen molar-refractivity contribution >= 4 is 15.6 Å². The van der Waals surface area contributed by atoms with Crippen LogP contribution in [0.1, 0.15) is 36.0 Å². The molecule has 0 atom stereocenters. The van der Waals surface area contributed by atoms with Gasteiger partial charge in [0.2, 0.25) is 0 Å². The van der Waals surface area contributed by atoms with E-state index in [1.54, 1.807) is 24.3 Å². The van der Waals surface area contributed by atoms with Crippen molar-refractivity contribution in [2.75, 3.05) is 12.9 Å². The molecule has 0 N–H and O–H groups in total. The number of carbonyl (C=O) groups excluding carboxylic acids is 1. The molecular weight excluding hydrogens is 264 g/mol. The van der Waals surface area contributed by atoms with E-state index < -0.39 is 15.6 Å². The summed E-state index contributed by atoms with van der Waals surface area (Å²) >= 11 is 0. The van der Waals surface area contributed by atoms with Gasteiger partial charge in [0.05, 0.1) is 12.4 Å². The van der Waals surface area contributed by atoms with Crippen LogP contribution in [-0.4, -0.2) is 32.3 Å². The highest BCUT2D eigenvalue weighted by atomic mass is 32.2. The second-order valence-electron chi connectivity index (χ2n) is 4.87. The van der Waals surface area contributed by atoms with Crippen molar-refractivity contribution in [1.82, 2.24) is 0 Å². The topological polar surface area (TPSA) is 60.4 Å². The number of ether oxygens (including phenoxy) is 1. The molecule has 1 aromatic rings. The third-order valence-electron chi connectivity index (χ3n) is 3.53. The summed E-state index contributed by atoms with van der Waals surface area (Å²) in [5, 5.41) is -0.331. The Morgan fingerprint density at radius 2 is 2.00 bits per heavy atom. The molecule has 4 nitrogen and oxygen atoms in total. The molecule has 1 saturated carbocycles. The lowest BCUT2D eigenvalue weighted by Crippen LogP contribution is -2.25. The minimum absolute atomic E-state index is 0.331. The molecule has 1 aliphatic carbocycles. The summed E-state index contributed by atoms with van der Waals surface area (Å²) in [6.07, 6.45) is 3.26. The van der Waals surface area contributed by atoms with Gasteiger partial charge in [-0.05, 0) is 25.0 Å². The molecule has 0 amide bonds. The first-order chi connectivity index (χ1) is 9.03. The zero-order valence-corrected chi connectivity index (χ0v) is 11.8. The fraction of sp³-hybridized carbons (Fsp3) is 0.500. The average Bonchev–Trinajstić information content (AvgIpc) is 2.93. The summed E-state index contributed by atoms with van der Waals surface area (Å²) < 4.78 is 29.3. The second-order valence-corrected chi connectivity index (χ2v) is 7.15. The van der Waals surface area contributed by atoms with Gasteiger partial charge in [-0.15, -0.1) is 0 Å². The third-order valence-corrected chi connectivity index (χ3v) is 5.69. The monoisotopic (exact) mass is 282 g/mol. The Morgan fingerprint density at radius 1 is 1.32 bits per heavy atom. The molecule has 1 aromatic carbocycles. The van der Waals surface area contributed by atoms with Crippen LogP contribution in [0.5, 0.6) is 5.75 Å². The number of rotatable bonds is 5. The Labute approximate surface area is 113 Å². The number of hydrogen-bond acceptors (Lipinski definition) is 4. The summed E-state index contributed by atoms with van der Waals surface area (Å²) in [5.41, 5.74) is 0.390. The fourth-order valence-corrected chi connectivity index (χ4v) is 4.25. The van der Waals surface area contributed by atoms with E-state index in [4.69, 9.17) is 4.74 Å². The zero-order chi connectivity index (χ0) is 13.9. The number of hydrogen-bond donors (Lipinski definition) is 0. The van der Waals surface area contributed by atoms with E-state index in [-0.39, 0.29) is 11.0 Å². The lowest BCUT2D eigenvalue weighted by atomic mass is 10.1. The molecule has 0 saturated heterocycles. The van der Waals surface area contributed by atoms with Crippen molar-refractivity contribution in [3.05, 3.63) is 29.8 Å². The Kier molecular flexibility index (Phi) is 4.24. The quantitative estimate of drug-likeness (QED) is 0.777. The number of sulfone groups is 1. The number of methoxy groups -OCH3 is 1. The van der Waals surface area contributed by atoms with Gasteiger partial charge < -0.3 is 4.74 Å². The Balaban J connectivity index is 2.11. The van der Waals surface area contributed by atoms with Crippen molar-refractivity contribution in [3.63, 3.8) is 0 Å². The molecule has 0 radical (unpaired) electrons. The standard InChI is InChI=1S/C14H18O4S/c1-18-12-6-4-5-11(9-12)14(15)10-19(16,17)13-7-2-3-8-13/h4-6,9,13H,2-3,7-8,10H2,1H3. The van der Waals surface area contributed by atoms with E-state index in [9.17, 15) is 13.2 Å². The Morgan fingerprint density at radius 3 is 2.63 bits per heavy atom. The molecule has 19 heavy (non-hydrogen) atoms. The predicted molar refractivity (Wildman–Crippen MR) is 73.4 cm³/mol. The molecule has 0 aromatic heterocycles. The Hall–Kier alpha value is -1.36. The summed E-state index contributed by atoms with van der Waals surface area (Å²) in [5.74, 6) is -0.194. The maximum Gasteiger partial charge on any atom is 0.178 e. The first kappa shape index (κ1) is 14.1. The van der Waals surface area contributed by atoms with Crippen LogP contribution in [0.4, 0.5) is 0 Å². The molecule has 0 aliphatic heterocycles. The number of ketones is 1. The fourth-order valence-electron chi connectivity index (χ4n) is 2.43. The van der Waals surface area contributed by atoms with Crippen LogP contribution in [-0.2, 0) is 9.84 Å². The Bertz CT molecular complexity index is 557. The molecule has 1 aliphatic rings. The highest BCUT2D eigenvalue weighted by Crippen LogP contribution is 2.26. The zero-order valence-electron chi connectivity index (χ0n) is 11.0. The van der Waals surface area contributed by atoms with Gasteiger partial charge in [-0.25, -0.2) is 8.42 Å². The van der Waals surface area contributed by atoms with Crippen LogP contribution >= 0.6 is 0 Å². The van der Waals surface area contributed by atoms with Gasteiger partial charge in [0.15, 0.2) is 15.6 Å². The molecular formula is C14H18O4S. The molecule has 2 rings (SSSR count). The lowest BCUT2D eigenvalue weighted by Gasteiger charge is -2.10. The summed E-state index contributed by atoms with van der Waals surface area (Å²) in [6, 6.07) is 6.61. The minimum atomic E-state index is -3.32. The smallest absolute Gasteiger partial charge is 0.178 e. The van der Waals surface area contributed by atoms with Crippen molar-refractivity contribution in [1.29, 1.82) is 0 Å². The van der Waals surface area contributed by atoms with Crippen molar-refractivity contribution in [3.8, 4) is 5.75 Å². The van der Waals surface area contributed by atoms with Gasteiger partial charge in [0.1, 0.15) is 11.5 Å². The van der Waals surface area contributed by atoms with Crippen LogP contribution in [0.15, 0.2) is 24.3 Å². The molecule has 5 heteroatoms. The van der Waals surface area contributed by atoms with Crippen molar-refractivity contribution in [2.24, 2.45) is 0 Å². The first-order valence-corrected chi connectivity index (χ1v) is 8.13. The second kappa shape index (κ2) is 5.74. The normalized spacial score (nSPS) is 16.5. The molecule has 0 bridgehead atoms. The van der Waals surface area contributed by atoms with E-state index in [1.165, 1.54) is 7.11 Å². The predicted octanol–water partition coefficient (Wildman–Crippen LogP) is 2.24. The SMILES string of the molecule is COc1cccc(C(=O)CS(=O)(=O)C2CCCC2)c1. The minimum Gasteiger partial charge on any atom is -0.497 e. The van der Waals surface area contributed by atoms with Gasteiger partial charge >= 0.3 is 0 Å². The van der Waals surface area contributed by atoms with Gasteiger partial charge in [-0.1, -0.05) is 25.0 Å². The molecule has 104 valence electrons. The first-order valence-electron chi connectivity index (χ1n) is 6.42. The maximum atomic E-state index is 12.1. The summed E-state index contributed by atoms with van der Waals surface area (Å²) in [6.45, 7) is 0. The number of benzene rings is 1. The lowest BCUT2D eigenvalue weighted by molar-refractivity contribution is 0.102. The highest BCUT2D eigenvalue weighted by molar-refractivity contribution is 7.92. The largest absolute Gasteiger partial charge is 0.497 e. The molecule has 1 fully saturated rings. The van der Waals surface area contributed by atoms with Crippen LogP contribution in [0.3, 0.4) is 0 Å². The van der Waals surface area contributed by atoms with Crippen LogP contribution in [0, 0.1) is 0 Å².